The maximum atomic E-state index is 13.2. The SMILES string of the molecule is CCCOC(=O)C1=C(C)Nc2nc(SCCC)nn2C1c1ccc(OCc2cccc(Br)c2)c(OC)c1. The van der Waals surface area contributed by atoms with Gasteiger partial charge in [-0.25, -0.2) is 9.48 Å². The van der Waals surface area contributed by atoms with E-state index in [0.717, 1.165) is 34.2 Å². The third kappa shape index (κ3) is 6.30. The van der Waals surface area contributed by atoms with Gasteiger partial charge in [-0.1, -0.05) is 59.7 Å². The predicted molar refractivity (Wildman–Crippen MR) is 148 cm³/mol. The van der Waals surface area contributed by atoms with E-state index in [4.69, 9.17) is 19.3 Å². The molecule has 2 aromatic carbocycles. The van der Waals surface area contributed by atoms with Gasteiger partial charge in [-0.15, -0.1) is 5.10 Å². The Morgan fingerprint density at radius 2 is 2.00 bits per heavy atom. The molecule has 196 valence electrons. The van der Waals surface area contributed by atoms with Crippen LogP contribution in [0.25, 0.3) is 0 Å². The number of ether oxygens (including phenoxy) is 3. The Labute approximate surface area is 229 Å². The van der Waals surface area contributed by atoms with Crippen LogP contribution < -0.4 is 14.8 Å². The van der Waals surface area contributed by atoms with Crippen LogP contribution in [0.1, 0.15) is 50.8 Å². The number of carbonyl (C=O) groups excluding carboxylic acids is 1. The van der Waals surface area contributed by atoms with Crippen LogP contribution in [0, 0.1) is 0 Å². The number of benzene rings is 2. The van der Waals surface area contributed by atoms with E-state index in [2.05, 4.69) is 33.2 Å². The second-order valence-corrected chi connectivity index (χ2v) is 10.5. The van der Waals surface area contributed by atoms with E-state index in [1.807, 2.05) is 56.3 Å². The largest absolute Gasteiger partial charge is 0.493 e. The molecule has 1 atom stereocenters. The Bertz CT molecular complexity index is 1290. The van der Waals surface area contributed by atoms with Gasteiger partial charge in [0.2, 0.25) is 11.1 Å². The molecule has 37 heavy (non-hydrogen) atoms. The van der Waals surface area contributed by atoms with Crippen molar-refractivity contribution >= 4 is 39.6 Å². The smallest absolute Gasteiger partial charge is 0.338 e. The van der Waals surface area contributed by atoms with Crippen molar-refractivity contribution in [3.8, 4) is 11.5 Å². The molecule has 3 aromatic rings. The molecule has 0 amide bonds. The van der Waals surface area contributed by atoms with Gasteiger partial charge in [0.15, 0.2) is 11.5 Å². The fraction of sp³-hybridized carbons (Fsp3) is 0.370. The van der Waals surface area contributed by atoms with Crippen LogP contribution in [-0.4, -0.2) is 40.2 Å². The number of aromatic nitrogens is 3. The highest BCUT2D eigenvalue weighted by atomic mass is 79.9. The minimum atomic E-state index is -0.530. The summed E-state index contributed by atoms with van der Waals surface area (Å²) < 4.78 is 20.1. The third-order valence-corrected chi connectivity index (χ3v) is 7.25. The summed E-state index contributed by atoms with van der Waals surface area (Å²) in [4.78, 5) is 17.9. The Morgan fingerprint density at radius 1 is 1.16 bits per heavy atom. The standard InChI is InChI=1S/C27H31BrN4O4S/c1-5-12-35-25(33)23-17(3)29-26-30-27(37-13-6-2)31-32(26)24(23)19-10-11-21(22(15-19)34-4)36-16-18-8-7-9-20(28)14-18/h7-11,14-15,24H,5-6,12-13,16H2,1-4H3,(H,29,30,31). The highest BCUT2D eigenvalue weighted by Gasteiger charge is 2.35. The van der Waals surface area contributed by atoms with Gasteiger partial charge < -0.3 is 19.5 Å². The topological polar surface area (TPSA) is 87.5 Å². The first kappa shape index (κ1) is 27.1. The van der Waals surface area contributed by atoms with E-state index in [1.54, 1.807) is 23.6 Å². The first-order valence-electron chi connectivity index (χ1n) is 12.2. The molecule has 1 aliphatic rings. The summed E-state index contributed by atoms with van der Waals surface area (Å²) >= 11 is 5.08. The zero-order valence-corrected chi connectivity index (χ0v) is 23.8. The quantitative estimate of drug-likeness (QED) is 0.205. The van der Waals surface area contributed by atoms with Gasteiger partial charge in [-0.2, -0.15) is 4.98 Å². The minimum Gasteiger partial charge on any atom is -0.493 e. The van der Waals surface area contributed by atoms with Crippen molar-refractivity contribution in [3.63, 3.8) is 0 Å². The van der Waals surface area contributed by atoms with Gasteiger partial charge in [-0.3, -0.25) is 0 Å². The number of carbonyl (C=O) groups is 1. The van der Waals surface area contributed by atoms with E-state index in [9.17, 15) is 4.79 Å². The zero-order valence-electron chi connectivity index (χ0n) is 21.4. The van der Waals surface area contributed by atoms with Crippen molar-refractivity contribution in [2.75, 3.05) is 24.8 Å². The van der Waals surface area contributed by atoms with Gasteiger partial charge in [0.1, 0.15) is 12.6 Å². The van der Waals surface area contributed by atoms with Gasteiger partial charge in [0.25, 0.3) is 0 Å². The number of hydrogen-bond donors (Lipinski definition) is 1. The van der Waals surface area contributed by atoms with Crippen LogP contribution in [-0.2, 0) is 16.1 Å². The summed E-state index contributed by atoms with van der Waals surface area (Å²) in [6.45, 7) is 6.68. The van der Waals surface area contributed by atoms with Gasteiger partial charge in [-0.05, 0) is 55.2 Å². The van der Waals surface area contributed by atoms with E-state index in [1.165, 1.54) is 0 Å². The molecule has 0 saturated carbocycles. The number of nitrogens with one attached hydrogen (secondary N) is 1. The van der Waals surface area contributed by atoms with Crippen LogP contribution in [0.3, 0.4) is 0 Å². The fourth-order valence-electron chi connectivity index (χ4n) is 3.99. The number of esters is 1. The van der Waals surface area contributed by atoms with Crippen LogP contribution in [0.4, 0.5) is 5.95 Å². The van der Waals surface area contributed by atoms with Crippen molar-refractivity contribution in [2.45, 2.75) is 51.4 Å². The number of thioether (sulfide) groups is 1. The maximum absolute atomic E-state index is 13.2. The lowest BCUT2D eigenvalue weighted by atomic mass is 9.95. The lowest BCUT2D eigenvalue weighted by molar-refractivity contribution is -0.139. The van der Waals surface area contributed by atoms with E-state index >= 15 is 0 Å². The Balaban J connectivity index is 1.70. The van der Waals surface area contributed by atoms with Crippen molar-refractivity contribution in [1.29, 1.82) is 0 Å². The second kappa shape index (κ2) is 12.5. The van der Waals surface area contributed by atoms with Crippen LogP contribution >= 0.6 is 27.7 Å². The summed E-state index contributed by atoms with van der Waals surface area (Å²) in [5.74, 6) is 2.28. The van der Waals surface area contributed by atoms with Crippen LogP contribution in [0.15, 0.2) is 63.4 Å². The highest BCUT2D eigenvalue weighted by molar-refractivity contribution is 9.10. The van der Waals surface area contributed by atoms with Crippen molar-refractivity contribution in [2.24, 2.45) is 0 Å². The first-order valence-corrected chi connectivity index (χ1v) is 14.0. The normalized spacial score (nSPS) is 14.7. The average molecular weight is 588 g/mol. The van der Waals surface area contributed by atoms with Crippen molar-refractivity contribution in [3.05, 3.63) is 69.3 Å². The molecule has 10 heteroatoms. The monoisotopic (exact) mass is 586 g/mol. The van der Waals surface area contributed by atoms with E-state index in [-0.39, 0.29) is 5.97 Å². The average Bonchev–Trinajstić information content (AvgIpc) is 3.30. The zero-order chi connectivity index (χ0) is 26.4. The number of fused-ring (bicyclic) bond motifs is 1. The summed E-state index contributed by atoms with van der Waals surface area (Å²) in [6, 6.07) is 13.1. The molecule has 0 radical (unpaired) electrons. The summed E-state index contributed by atoms with van der Waals surface area (Å²) in [5.41, 5.74) is 3.02. The van der Waals surface area contributed by atoms with Gasteiger partial charge in [0.05, 0.1) is 19.3 Å². The summed E-state index contributed by atoms with van der Waals surface area (Å²) in [6.07, 6.45) is 1.75. The van der Waals surface area contributed by atoms with Crippen LogP contribution in [0.5, 0.6) is 11.5 Å². The summed E-state index contributed by atoms with van der Waals surface area (Å²) in [5, 5.41) is 8.64. The molecule has 1 unspecified atom stereocenters. The number of anilines is 1. The molecule has 0 saturated heterocycles. The molecule has 1 aliphatic heterocycles. The molecule has 1 aromatic heterocycles. The molecular formula is C27H31BrN4O4S. The minimum absolute atomic E-state index is 0.343. The first-order chi connectivity index (χ1) is 17.9. The number of hydrogen-bond acceptors (Lipinski definition) is 8. The lowest BCUT2D eigenvalue weighted by Crippen LogP contribution is -2.29. The Kier molecular flexibility index (Phi) is 9.15. The fourth-order valence-corrected chi connectivity index (χ4v) is 5.12. The molecule has 0 aliphatic carbocycles. The molecule has 8 nitrogen and oxygen atoms in total. The summed E-state index contributed by atoms with van der Waals surface area (Å²) in [7, 11) is 1.60. The second-order valence-electron chi connectivity index (χ2n) is 8.54. The Hall–Kier alpha value is -2.98. The van der Waals surface area contributed by atoms with E-state index in [0.29, 0.717) is 47.1 Å². The third-order valence-electron chi connectivity index (χ3n) is 5.71. The number of methoxy groups -OCH3 is 1. The number of allylic oxidation sites excluding steroid dienone is 1. The van der Waals surface area contributed by atoms with Gasteiger partial charge in [0, 0.05) is 15.9 Å². The lowest BCUT2D eigenvalue weighted by Gasteiger charge is -2.28. The molecule has 0 fully saturated rings. The molecule has 0 bridgehead atoms. The predicted octanol–water partition coefficient (Wildman–Crippen LogP) is 6.37. The Morgan fingerprint density at radius 3 is 2.73 bits per heavy atom. The number of nitrogens with zero attached hydrogens (tertiary/aromatic N) is 3. The molecule has 0 spiro atoms. The molecule has 2 heterocycles. The van der Waals surface area contributed by atoms with Crippen molar-refractivity contribution < 1.29 is 19.0 Å². The maximum Gasteiger partial charge on any atom is 0.338 e. The van der Waals surface area contributed by atoms with Gasteiger partial charge >= 0.3 is 5.97 Å². The molecule has 1 N–H and O–H groups in total. The van der Waals surface area contributed by atoms with E-state index < -0.39 is 6.04 Å². The molecule has 4 rings (SSSR count). The molecular weight excluding hydrogens is 556 g/mol. The highest BCUT2D eigenvalue weighted by Crippen LogP contribution is 2.40. The van der Waals surface area contributed by atoms with Crippen LogP contribution in [0.2, 0.25) is 0 Å². The van der Waals surface area contributed by atoms with Crippen molar-refractivity contribution in [1.82, 2.24) is 14.8 Å². The number of halogens is 1. The number of rotatable bonds is 11.